The number of H-pyrrole nitrogens is 1. The molecule has 172 valence electrons. The van der Waals surface area contributed by atoms with E-state index in [1.54, 1.807) is 6.07 Å². The molecule has 6 heteroatoms. The number of ether oxygens (including phenoxy) is 1. The highest BCUT2D eigenvalue weighted by atomic mass is 16.5. The number of rotatable bonds is 7. The van der Waals surface area contributed by atoms with Crippen LogP contribution in [0.25, 0.3) is 22.0 Å². The molecule has 0 spiro atoms. The molecular weight excluding hydrogens is 436 g/mol. The van der Waals surface area contributed by atoms with Crippen molar-refractivity contribution in [3.05, 3.63) is 120 Å². The molecule has 0 fully saturated rings. The summed E-state index contributed by atoms with van der Waals surface area (Å²) in [6, 6.07) is 33.6. The van der Waals surface area contributed by atoms with Gasteiger partial charge in [0.2, 0.25) is 0 Å². The fourth-order valence-corrected chi connectivity index (χ4v) is 3.72. The Bertz CT molecular complexity index is 1490. The van der Waals surface area contributed by atoms with Gasteiger partial charge in [-0.2, -0.15) is 10.2 Å². The molecule has 0 aliphatic rings. The van der Waals surface area contributed by atoms with E-state index in [2.05, 4.69) is 38.9 Å². The molecule has 5 rings (SSSR count). The van der Waals surface area contributed by atoms with E-state index in [0.717, 1.165) is 38.9 Å². The number of nitrogens with one attached hydrogen (secondary N) is 2. The van der Waals surface area contributed by atoms with E-state index in [-0.39, 0.29) is 5.91 Å². The van der Waals surface area contributed by atoms with Gasteiger partial charge < -0.3 is 4.74 Å². The van der Waals surface area contributed by atoms with Crippen molar-refractivity contribution in [2.75, 3.05) is 0 Å². The fraction of sp³-hybridized carbons (Fsp3) is 0.0690. The highest BCUT2D eigenvalue weighted by molar-refractivity contribution is 6.03. The summed E-state index contributed by atoms with van der Waals surface area (Å²) in [4.78, 5) is 12.6. The number of carbonyl (C=O) groups is 1. The second kappa shape index (κ2) is 10.1. The first-order chi connectivity index (χ1) is 17.2. The third kappa shape index (κ3) is 5.28. The molecule has 1 amide bonds. The lowest BCUT2D eigenvalue weighted by molar-refractivity contribution is 0.0950. The van der Waals surface area contributed by atoms with Gasteiger partial charge >= 0.3 is 0 Å². The number of hydrogen-bond acceptors (Lipinski definition) is 4. The minimum absolute atomic E-state index is 0.333. The quantitative estimate of drug-likeness (QED) is 0.232. The summed E-state index contributed by atoms with van der Waals surface area (Å²) in [6.45, 7) is 2.37. The molecule has 0 saturated heterocycles. The van der Waals surface area contributed by atoms with Crippen molar-refractivity contribution in [1.29, 1.82) is 0 Å². The Kier molecular flexibility index (Phi) is 6.35. The van der Waals surface area contributed by atoms with Crippen LogP contribution in [0.15, 0.2) is 108 Å². The number of amides is 1. The SMILES string of the molecule is C/C(=N/NC(=O)c1cc(-c2ccc(OCc3ccccc3)cc2)n[nH]1)c1ccc2ccccc2c1. The molecular formula is C29H24N4O2. The van der Waals surface area contributed by atoms with Crippen LogP contribution in [-0.2, 0) is 6.61 Å². The van der Waals surface area contributed by atoms with Gasteiger partial charge in [-0.1, -0.05) is 66.7 Å². The molecule has 35 heavy (non-hydrogen) atoms. The molecule has 4 aromatic carbocycles. The highest BCUT2D eigenvalue weighted by Gasteiger charge is 2.11. The second-order valence-corrected chi connectivity index (χ2v) is 8.17. The predicted molar refractivity (Wildman–Crippen MR) is 138 cm³/mol. The van der Waals surface area contributed by atoms with Crippen LogP contribution < -0.4 is 10.2 Å². The molecule has 1 heterocycles. The van der Waals surface area contributed by atoms with Crippen LogP contribution in [0.1, 0.15) is 28.5 Å². The second-order valence-electron chi connectivity index (χ2n) is 8.17. The van der Waals surface area contributed by atoms with Crippen molar-refractivity contribution in [3.63, 3.8) is 0 Å². The van der Waals surface area contributed by atoms with Crippen molar-refractivity contribution >= 4 is 22.4 Å². The first-order valence-electron chi connectivity index (χ1n) is 11.3. The summed E-state index contributed by atoms with van der Waals surface area (Å²) in [6.07, 6.45) is 0. The number of nitrogens with zero attached hydrogens (tertiary/aromatic N) is 2. The number of aromatic amines is 1. The molecule has 0 unspecified atom stereocenters. The van der Waals surface area contributed by atoms with E-state index in [4.69, 9.17) is 4.74 Å². The van der Waals surface area contributed by atoms with Gasteiger partial charge in [-0.05, 0) is 65.2 Å². The Morgan fingerprint density at radius 3 is 2.43 bits per heavy atom. The molecule has 0 aliphatic heterocycles. The zero-order valence-corrected chi connectivity index (χ0v) is 19.2. The summed E-state index contributed by atoms with van der Waals surface area (Å²) in [5.74, 6) is 0.413. The number of benzene rings is 4. The Hall–Kier alpha value is -4.71. The highest BCUT2D eigenvalue weighted by Crippen LogP contribution is 2.22. The molecule has 1 aromatic heterocycles. The molecule has 0 saturated carbocycles. The summed E-state index contributed by atoms with van der Waals surface area (Å²) in [5.41, 5.74) is 7.26. The lowest BCUT2D eigenvalue weighted by atomic mass is 10.0. The number of hydrazone groups is 1. The standard InChI is InChI=1S/C29H24N4O2/c1-20(24-12-11-22-9-5-6-10-25(22)17-24)30-33-29(34)28-18-27(31-32-28)23-13-15-26(16-14-23)35-19-21-7-3-2-4-8-21/h2-18H,19H2,1H3,(H,31,32)(H,33,34)/b30-20-. The monoisotopic (exact) mass is 460 g/mol. The lowest BCUT2D eigenvalue weighted by Gasteiger charge is -2.06. The van der Waals surface area contributed by atoms with Gasteiger partial charge in [0.15, 0.2) is 0 Å². The largest absolute Gasteiger partial charge is 0.489 e. The van der Waals surface area contributed by atoms with Crippen LogP contribution in [0, 0.1) is 0 Å². The van der Waals surface area contributed by atoms with Gasteiger partial charge in [0, 0.05) is 5.56 Å². The van der Waals surface area contributed by atoms with Gasteiger partial charge in [-0.15, -0.1) is 0 Å². The maximum absolute atomic E-state index is 12.6. The molecule has 0 radical (unpaired) electrons. The number of fused-ring (bicyclic) bond motifs is 1. The molecule has 0 bridgehead atoms. The maximum Gasteiger partial charge on any atom is 0.289 e. The smallest absolute Gasteiger partial charge is 0.289 e. The van der Waals surface area contributed by atoms with E-state index in [9.17, 15) is 4.79 Å². The minimum Gasteiger partial charge on any atom is -0.489 e. The average molecular weight is 461 g/mol. The number of aromatic nitrogens is 2. The normalized spacial score (nSPS) is 11.4. The average Bonchev–Trinajstić information content (AvgIpc) is 3.41. The van der Waals surface area contributed by atoms with Gasteiger partial charge in [-0.3, -0.25) is 9.89 Å². The summed E-state index contributed by atoms with van der Waals surface area (Å²) < 4.78 is 5.83. The van der Waals surface area contributed by atoms with Crippen LogP contribution in [0.2, 0.25) is 0 Å². The zero-order valence-electron chi connectivity index (χ0n) is 19.2. The molecule has 0 atom stereocenters. The van der Waals surface area contributed by atoms with E-state index < -0.39 is 0 Å². The van der Waals surface area contributed by atoms with Gasteiger partial charge in [0.05, 0.1) is 11.4 Å². The lowest BCUT2D eigenvalue weighted by Crippen LogP contribution is -2.19. The predicted octanol–water partition coefficient (Wildman–Crippen LogP) is 5.96. The van der Waals surface area contributed by atoms with Crippen LogP contribution in [0.5, 0.6) is 5.75 Å². The van der Waals surface area contributed by atoms with Crippen LogP contribution in [-0.4, -0.2) is 21.8 Å². The van der Waals surface area contributed by atoms with E-state index in [1.165, 1.54) is 0 Å². The minimum atomic E-state index is -0.355. The molecule has 5 aromatic rings. The van der Waals surface area contributed by atoms with Gasteiger partial charge in [0.1, 0.15) is 18.1 Å². The van der Waals surface area contributed by atoms with Crippen molar-refractivity contribution in [2.45, 2.75) is 13.5 Å². The topological polar surface area (TPSA) is 79.4 Å². The Labute approximate surface area is 203 Å². The van der Waals surface area contributed by atoms with Crippen LogP contribution >= 0.6 is 0 Å². The summed E-state index contributed by atoms with van der Waals surface area (Å²) in [7, 11) is 0. The first kappa shape index (κ1) is 22.1. The van der Waals surface area contributed by atoms with E-state index >= 15 is 0 Å². The van der Waals surface area contributed by atoms with Gasteiger partial charge in [-0.25, -0.2) is 5.43 Å². The Balaban J connectivity index is 1.21. The van der Waals surface area contributed by atoms with E-state index in [1.807, 2.05) is 85.8 Å². The number of hydrogen-bond donors (Lipinski definition) is 2. The van der Waals surface area contributed by atoms with Crippen LogP contribution in [0.4, 0.5) is 0 Å². The van der Waals surface area contributed by atoms with Crippen molar-refractivity contribution in [3.8, 4) is 17.0 Å². The fourth-order valence-electron chi connectivity index (χ4n) is 3.72. The van der Waals surface area contributed by atoms with Crippen molar-refractivity contribution in [2.24, 2.45) is 5.10 Å². The molecule has 2 N–H and O–H groups in total. The number of carbonyl (C=O) groups excluding carboxylic acids is 1. The van der Waals surface area contributed by atoms with Gasteiger partial charge in [0.25, 0.3) is 5.91 Å². The Morgan fingerprint density at radius 1 is 0.886 bits per heavy atom. The van der Waals surface area contributed by atoms with Crippen molar-refractivity contribution in [1.82, 2.24) is 15.6 Å². The van der Waals surface area contributed by atoms with Crippen LogP contribution in [0.3, 0.4) is 0 Å². The summed E-state index contributed by atoms with van der Waals surface area (Å²) >= 11 is 0. The molecule has 0 aliphatic carbocycles. The zero-order chi connectivity index (χ0) is 24.0. The third-order valence-corrected chi connectivity index (χ3v) is 5.71. The summed E-state index contributed by atoms with van der Waals surface area (Å²) in [5, 5.41) is 13.6. The first-order valence-corrected chi connectivity index (χ1v) is 11.3. The van der Waals surface area contributed by atoms with E-state index in [0.29, 0.717) is 18.0 Å². The van der Waals surface area contributed by atoms with Crippen molar-refractivity contribution < 1.29 is 9.53 Å². The molecule has 6 nitrogen and oxygen atoms in total. The Morgan fingerprint density at radius 2 is 1.63 bits per heavy atom. The third-order valence-electron chi connectivity index (χ3n) is 5.71. The maximum atomic E-state index is 12.6.